The van der Waals surface area contributed by atoms with Crippen LogP contribution in [0.3, 0.4) is 0 Å². The summed E-state index contributed by atoms with van der Waals surface area (Å²) in [5, 5.41) is 0. The summed E-state index contributed by atoms with van der Waals surface area (Å²) in [7, 11) is 3.21. The Morgan fingerprint density at radius 2 is 2.00 bits per heavy atom. The molecule has 0 saturated heterocycles. The van der Waals surface area contributed by atoms with Crippen LogP contribution in [-0.4, -0.2) is 37.0 Å². The lowest BCUT2D eigenvalue weighted by atomic mass is 10.1. The monoisotopic (exact) mass is 279 g/mol. The fraction of sp³-hybridized carbons (Fsp3) is 0.467. The summed E-state index contributed by atoms with van der Waals surface area (Å²) in [5.74, 6) is -1.47. The van der Waals surface area contributed by atoms with Gasteiger partial charge >= 0.3 is 5.97 Å². The van der Waals surface area contributed by atoms with Gasteiger partial charge in [-0.25, -0.2) is 4.39 Å². The Labute approximate surface area is 117 Å². The maximum Gasteiger partial charge on any atom is 0.310 e. The fourth-order valence-electron chi connectivity index (χ4n) is 2.25. The normalized spacial score (nSPS) is 22.0. The van der Waals surface area contributed by atoms with Gasteiger partial charge in [0.15, 0.2) is 6.10 Å². The maximum absolute atomic E-state index is 13.6. The number of hydrogen-bond donors (Lipinski definition) is 0. The maximum atomic E-state index is 13.6. The molecular formula is C15H18FNO3. The lowest BCUT2D eigenvalue weighted by Crippen LogP contribution is -2.35. The first-order valence-electron chi connectivity index (χ1n) is 6.58. The number of carbonyl (C=O) groups excluding carboxylic acids is 2. The third-order valence-electron chi connectivity index (χ3n) is 3.48. The average molecular weight is 279 g/mol. The molecule has 1 aromatic rings. The van der Waals surface area contributed by atoms with Crippen molar-refractivity contribution in [3.63, 3.8) is 0 Å². The number of likely N-dealkylation sites (N-methyl/N-ethyl adjacent to an activating group) is 1. The zero-order valence-corrected chi connectivity index (χ0v) is 11.8. The summed E-state index contributed by atoms with van der Waals surface area (Å²) in [6.45, 7) is 1.54. The molecule has 20 heavy (non-hydrogen) atoms. The molecule has 1 aromatic carbocycles. The molecule has 5 heteroatoms. The van der Waals surface area contributed by atoms with Gasteiger partial charge in [0, 0.05) is 20.0 Å². The number of ether oxygens (including phenoxy) is 1. The first-order valence-corrected chi connectivity index (χ1v) is 6.58. The van der Waals surface area contributed by atoms with E-state index in [4.69, 9.17) is 4.74 Å². The van der Waals surface area contributed by atoms with Crippen molar-refractivity contribution in [3.8, 4) is 0 Å². The molecule has 0 bridgehead atoms. The highest BCUT2D eigenvalue weighted by Crippen LogP contribution is 2.49. The van der Waals surface area contributed by atoms with Crippen molar-refractivity contribution >= 4 is 11.9 Å². The third kappa shape index (κ3) is 2.98. The summed E-state index contributed by atoms with van der Waals surface area (Å²) in [4.78, 5) is 24.9. The predicted molar refractivity (Wildman–Crippen MR) is 71.5 cm³/mol. The van der Waals surface area contributed by atoms with E-state index < -0.39 is 12.1 Å². The fourth-order valence-corrected chi connectivity index (χ4v) is 2.25. The molecule has 0 radical (unpaired) electrons. The van der Waals surface area contributed by atoms with Gasteiger partial charge in [0.1, 0.15) is 5.82 Å². The van der Waals surface area contributed by atoms with Gasteiger partial charge in [0.25, 0.3) is 5.91 Å². The quantitative estimate of drug-likeness (QED) is 0.791. The van der Waals surface area contributed by atoms with Crippen molar-refractivity contribution < 1.29 is 18.7 Å². The largest absolute Gasteiger partial charge is 0.452 e. The smallest absolute Gasteiger partial charge is 0.310 e. The van der Waals surface area contributed by atoms with E-state index in [1.807, 2.05) is 0 Å². The van der Waals surface area contributed by atoms with Gasteiger partial charge in [-0.1, -0.05) is 18.2 Å². The van der Waals surface area contributed by atoms with Crippen LogP contribution >= 0.6 is 0 Å². The molecule has 108 valence electrons. The molecule has 1 fully saturated rings. The number of amides is 1. The van der Waals surface area contributed by atoms with E-state index in [2.05, 4.69) is 0 Å². The first-order chi connectivity index (χ1) is 9.41. The Bertz CT molecular complexity index is 530. The third-order valence-corrected chi connectivity index (χ3v) is 3.48. The molecule has 0 N–H and O–H groups in total. The van der Waals surface area contributed by atoms with Gasteiger partial charge in [0.2, 0.25) is 0 Å². The standard InChI is InChI=1S/C15H18FNO3/c1-9(14(18)17(2)3)20-15(19)12-8-11(12)10-6-4-5-7-13(10)16/h4-7,9,11-12H,8H2,1-3H3. The van der Waals surface area contributed by atoms with Gasteiger partial charge < -0.3 is 9.64 Å². The second-order valence-electron chi connectivity index (χ2n) is 5.28. The highest BCUT2D eigenvalue weighted by atomic mass is 19.1. The molecule has 0 heterocycles. The van der Waals surface area contributed by atoms with Gasteiger partial charge in [-0.05, 0) is 25.0 Å². The van der Waals surface area contributed by atoms with Gasteiger partial charge in [-0.3, -0.25) is 9.59 Å². The Hall–Kier alpha value is -1.91. The van der Waals surface area contributed by atoms with E-state index in [9.17, 15) is 14.0 Å². The van der Waals surface area contributed by atoms with Gasteiger partial charge in [-0.2, -0.15) is 0 Å². The van der Waals surface area contributed by atoms with Crippen LogP contribution in [0.4, 0.5) is 4.39 Å². The highest BCUT2D eigenvalue weighted by molar-refractivity contribution is 5.85. The summed E-state index contributed by atoms with van der Waals surface area (Å²) in [6, 6.07) is 6.43. The summed E-state index contributed by atoms with van der Waals surface area (Å²) < 4.78 is 18.7. The van der Waals surface area contributed by atoms with E-state index >= 15 is 0 Å². The van der Waals surface area contributed by atoms with E-state index in [1.54, 1.807) is 39.2 Å². The average Bonchev–Trinajstić information content (AvgIpc) is 3.18. The second kappa shape index (κ2) is 5.61. The minimum atomic E-state index is -0.806. The molecule has 1 aliphatic rings. The minimum absolute atomic E-state index is 0.134. The Balaban J connectivity index is 1.94. The molecule has 0 spiro atoms. The van der Waals surface area contributed by atoms with Crippen molar-refractivity contribution in [2.24, 2.45) is 5.92 Å². The molecule has 0 aromatic heterocycles. The molecule has 2 rings (SSSR count). The summed E-state index contributed by atoms with van der Waals surface area (Å²) >= 11 is 0. The van der Waals surface area contributed by atoms with E-state index in [-0.39, 0.29) is 23.6 Å². The number of esters is 1. The number of rotatable bonds is 4. The minimum Gasteiger partial charge on any atom is -0.452 e. The van der Waals surface area contributed by atoms with Gasteiger partial charge in [-0.15, -0.1) is 0 Å². The van der Waals surface area contributed by atoms with Gasteiger partial charge in [0.05, 0.1) is 5.92 Å². The van der Waals surface area contributed by atoms with Crippen LogP contribution in [0.2, 0.25) is 0 Å². The Morgan fingerprint density at radius 3 is 2.60 bits per heavy atom. The summed E-state index contributed by atoms with van der Waals surface area (Å²) in [6.07, 6.45) is -0.234. The van der Waals surface area contributed by atoms with Crippen molar-refractivity contribution in [3.05, 3.63) is 35.6 Å². The molecule has 4 nitrogen and oxygen atoms in total. The predicted octanol–water partition coefficient (Wildman–Crippen LogP) is 1.95. The number of hydrogen-bond acceptors (Lipinski definition) is 3. The zero-order chi connectivity index (χ0) is 14.9. The van der Waals surface area contributed by atoms with Crippen molar-refractivity contribution in [1.82, 2.24) is 4.90 Å². The second-order valence-corrected chi connectivity index (χ2v) is 5.28. The molecular weight excluding hydrogens is 261 g/mol. The molecule has 3 unspecified atom stereocenters. The van der Waals surface area contributed by atoms with Crippen LogP contribution in [0, 0.1) is 11.7 Å². The number of carbonyl (C=O) groups is 2. The van der Waals surface area contributed by atoms with Crippen molar-refractivity contribution in [1.29, 1.82) is 0 Å². The summed E-state index contributed by atoms with van der Waals surface area (Å²) in [5.41, 5.74) is 0.543. The van der Waals surface area contributed by atoms with Crippen LogP contribution < -0.4 is 0 Å². The van der Waals surface area contributed by atoms with Crippen LogP contribution in [0.1, 0.15) is 24.8 Å². The lowest BCUT2D eigenvalue weighted by molar-refractivity contribution is -0.159. The Kier molecular flexibility index (Phi) is 4.06. The molecule has 3 atom stereocenters. The first kappa shape index (κ1) is 14.5. The SMILES string of the molecule is CC(OC(=O)C1CC1c1ccccc1F)C(=O)N(C)C. The molecule has 1 amide bonds. The van der Waals surface area contributed by atoms with Crippen molar-refractivity contribution in [2.75, 3.05) is 14.1 Å². The van der Waals surface area contributed by atoms with E-state index in [0.29, 0.717) is 12.0 Å². The van der Waals surface area contributed by atoms with Crippen LogP contribution in [0.5, 0.6) is 0 Å². The van der Waals surface area contributed by atoms with E-state index in [0.717, 1.165) is 0 Å². The number of nitrogens with zero attached hydrogens (tertiary/aromatic N) is 1. The Morgan fingerprint density at radius 1 is 1.35 bits per heavy atom. The molecule has 1 saturated carbocycles. The zero-order valence-electron chi connectivity index (χ0n) is 11.8. The number of benzene rings is 1. The van der Waals surface area contributed by atoms with Crippen molar-refractivity contribution in [2.45, 2.75) is 25.4 Å². The highest BCUT2D eigenvalue weighted by Gasteiger charge is 2.47. The number of halogens is 1. The topological polar surface area (TPSA) is 46.6 Å². The molecule has 0 aliphatic heterocycles. The van der Waals surface area contributed by atoms with Crippen LogP contribution in [0.15, 0.2) is 24.3 Å². The molecule has 1 aliphatic carbocycles. The lowest BCUT2D eigenvalue weighted by Gasteiger charge is -2.17. The van der Waals surface area contributed by atoms with Crippen LogP contribution in [0.25, 0.3) is 0 Å². The van der Waals surface area contributed by atoms with E-state index in [1.165, 1.54) is 11.0 Å². The van der Waals surface area contributed by atoms with Crippen LogP contribution in [-0.2, 0) is 14.3 Å².